The molecule has 1 rings (SSSR count). The zero-order chi connectivity index (χ0) is 19.2. The molecule has 0 aromatic heterocycles. The van der Waals surface area contributed by atoms with E-state index in [4.69, 9.17) is 10.2 Å². The molecule has 5 N–H and O–H groups in total. The molecule has 0 aromatic carbocycles. The molecule has 1 fully saturated rings. The number of aliphatic carboxylic acids is 4. The SMILES string of the molecule is CCCC1(C(=CC(=O)O)C(=O)O)CNCCN1C(=CC(=O)O)C(=O)O. The van der Waals surface area contributed by atoms with E-state index < -0.39 is 40.7 Å². The molecule has 0 spiro atoms. The van der Waals surface area contributed by atoms with Gasteiger partial charge < -0.3 is 30.6 Å². The van der Waals surface area contributed by atoms with Crippen LogP contribution in [-0.4, -0.2) is 74.4 Å². The second-order valence-corrected chi connectivity index (χ2v) is 5.48. The molecular weight excluding hydrogens is 336 g/mol. The smallest absolute Gasteiger partial charge is 0.352 e. The van der Waals surface area contributed by atoms with Crippen LogP contribution in [0.25, 0.3) is 0 Å². The summed E-state index contributed by atoms with van der Waals surface area (Å²) in [5, 5.41) is 39.8. The van der Waals surface area contributed by atoms with Crippen molar-refractivity contribution in [1.29, 1.82) is 0 Å². The first-order valence-corrected chi connectivity index (χ1v) is 7.50. The predicted octanol–water partition coefficient (Wildman–Crippen LogP) is -0.421. The highest BCUT2D eigenvalue weighted by atomic mass is 16.4. The summed E-state index contributed by atoms with van der Waals surface area (Å²) in [6.07, 6.45) is 1.55. The van der Waals surface area contributed by atoms with Crippen molar-refractivity contribution in [3.63, 3.8) is 0 Å². The Kier molecular flexibility index (Phi) is 6.68. The Morgan fingerprint density at radius 3 is 2.08 bits per heavy atom. The van der Waals surface area contributed by atoms with Crippen molar-refractivity contribution in [2.45, 2.75) is 25.3 Å². The molecule has 10 nitrogen and oxygen atoms in total. The summed E-state index contributed by atoms with van der Waals surface area (Å²) in [7, 11) is 0. The highest BCUT2D eigenvalue weighted by Crippen LogP contribution is 2.35. The van der Waals surface area contributed by atoms with Gasteiger partial charge >= 0.3 is 23.9 Å². The topological polar surface area (TPSA) is 164 Å². The fraction of sp³-hybridized carbons (Fsp3) is 0.467. The van der Waals surface area contributed by atoms with Gasteiger partial charge in [0.25, 0.3) is 0 Å². The molecule has 1 atom stereocenters. The minimum atomic E-state index is -1.54. The fourth-order valence-electron chi connectivity index (χ4n) is 3.05. The van der Waals surface area contributed by atoms with Crippen LogP contribution in [0.2, 0.25) is 0 Å². The molecule has 1 aliphatic rings. The number of nitrogens with one attached hydrogen (secondary N) is 1. The Hall–Kier alpha value is -2.88. The maximum atomic E-state index is 11.7. The number of carboxylic acids is 4. The highest BCUT2D eigenvalue weighted by Gasteiger charge is 2.47. The monoisotopic (exact) mass is 356 g/mol. The van der Waals surface area contributed by atoms with E-state index in [1.807, 2.05) is 0 Å². The van der Waals surface area contributed by atoms with E-state index in [1.54, 1.807) is 6.92 Å². The predicted molar refractivity (Wildman–Crippen MR) is 83.9 cm³/mol. The summed E-state index contributed by atoms with van der Waals surface area (Å²) in [6, 6.07) is 0. The first-order valence-electron chi connectivity index (χ1n) is 7.50. The van der Waals surface area contributed by atoms with Crippen molar-refractivity contribution in [1.82, 2.24) is 10.2 Å². The highest BCUT2D eigenvalue weighted by molar-refractivity contribution is 5.98. The Morgan fingerprint density at radius 2 is 1.64 bits per heavy atom. The summed E-state index contributed by atoms with van der Waals surface area (Å²) >= 11 is 0. The van der Waals surface area contributed by atoms with Gasteiger partial charge in [0, 0.05) is 25.7 Å². The minimum Gasteiger partial charge on any atom is -0.478 e. The van der Waals surface area contributed by atoms with Gasteiger partial charge in [-0.15, -0.1) is 0 Å². The third-order valence-corrected chi connectivity index (χ3v) is 3.88. The Balaban J connectivity index is 3.65. The fourth-order valence-corrected chi connectivity index (χ4v) is 3.05. The summed E-state index contributed by atoms with van der Waals surface area (Å²) in [5.74, 6) is -6.03. The molecule has 1 saturated heterocycles. The van der Waals surface area contributed by atoms with Crippen molar-refractivity contribution in [3.05, 3.63) is 23.4 Å². The van der Waals surface area contributed by atoms with Crippen molar-refractivity contribution >= 4 is 23.9 Å². The van der Waals surface area contributed by atoms with Gasteiger partial charge in [0.05, 0.1) is 17.2 Å². The van der Waals surface area contributed by atoms with Crippen LogP contribution in [0.1, 0.15) is 19.8 Å². The normalized spacial score (nSPS) is 21.7. The molecule has 138 valence electrons. The van der Waals surface area contributed by atoms with Crippen LogP contribution in [0.5, 0.6) is 0 Å². The van der Waals surface area contributed by atoms with Crippen molar-refractivity contribution < 1.29 is 39.6 Å². The second-order valence-electron chi connectivity index (χ2n) is 5.48. The number of hydrogen-bond donors (Lipinski definition) is 5. The Morgan fingerprint density at radius 1 is 1.04 bits per heavy atom. The average Bonchev–Trinajstić information content (AvgIpc) is 2.50. The third-order valence-electron chi connectivity index (χ3n) is 3.88. The first-order chi connectivity index (χ1) is 11.7. The van der Waals surface area contributed by atoms with Crippen LogP contribution < -0.4 is 5.32 Å². The molecule has 1 unspecified atom stereocenters. The standard InChI is InChI=1S/C15H20N2O8/c1-2-3-15(9(13(22)23)6-11(18)19)8-16-4-5-17(15)10(14(24)25)7-12(20)21/h6-7,16H,2-5,8H2,1H3,(H,18,19)(H,20,21)(H,22,23)(H,24,25). The van der Waals surface area contributed by atoms with Crippen LogP contribution in [0.4, 0.5) is 0 Å². The molecule has 0 aromatic rings. The average molecular weight is 356 g/mol. The quantitative estimate of drug-likeness (QED) is 0.361. The maximum Gasteiger partial charge on any atom is 0.352 e. The second kappa shape index (κ2) is 8.29. The number of carbonyl (C=O) groups is 4. The molecule has 25 heavy (non-hydrogen) atoms. The van der Waals surface area contributed by atoms with E-state index in [0.717, 1.165) is 4.90 Å². The van der Waals surface area contributed by atoms with Gasteiger partial charge in [-0.3, -0.25) is 0 Å². The molecule has 0 saturated carbocycles. The Bertz CT molecular complexity index is 635. The van der Waals surface area contributed by atoms with Gasteiger partial charge in [-0.05, 0) is 6.42 Å². The van der Waals surface area contributed by atoms with E-state index in [2.05, 4.69) is 5.32 Å². The number of carboxylic acid groups (broad SMARTS) is 4. The number of nitrogens with zero attached hydrogens (tertiary/aromatic N) is 1. The summed E-state index contributed by atoms with van der Waals surface area (Å²) in [5.41, 5.74) is -2.61. The summed E-state index contributed by atoms with van der Waals surface area (Å²) in [6.45, 7) is 2.00. The van der Waals surface area contributed by atoms with Crippen molar-refractivity contribution in [2.24, 2.45) is 0 Å². The molecule has 0 aliphatic carbocycles. The lowest BCUT2D eigenvalue weighted by atomic mass is 9.80. The van der Waals surface area contributed by atoms with Gasteiger partial charge in [-0.25, -0.2) is 19.2 Å². The molecule has 0 amide bonds. The zero-order valence-electron chi connectivity index (χ0n) is 13.6. The number of piperazine rings is 1. The lowest BCUT2D eigenvalue weighted by Crippen LogP contribution is -2.63. The zero-order valence-corrected chi connectivity index (χ0v) is 13.6. The van der Waals surface area contributed by atoms with Crippen LogP contribution >= 0.6 is 0 Å². The van der Waals surface area contributed by atoms with Gasteiger partial charge in [0.2, 0.25) is 0 Å². The van der Waals surface area contributed by atoms with E-state index in [0.29, 0.717) is 18.6 Å². The van der Waals surface area contributed by atoms with Crippen LogP contribution in [-0.2, 0) is 19.2 Å². The van der Waals surface area contributed by atoms with Crippen LogP contribution in [0.3, 0.4) is 0 Å². The number of rotatable bonds is 8. The molecular formula is C15H20N2O8. The molecule has 10 heteroatoms. The lowest BCUT2D eigenvalue weighted by molar-refractivity contribution is -0.139. The van der Waals surface area contributed by atoms with Crippen molar-refractivity contribution in [2.75, 3.05) is 19.6 Å². The molecule has 1 aliphatic heterocycles. The van der Waals surface area contributed by atoms with E-state index in [1.165, 1.54) is 0 Å². The van der Waals surface area contributed by atoms with Gasteiger partial charge in [0.15, 0.2) is 0 Å². The van der Waals surface area contributed by atoms with Crippen LogP contribution in [0, 0.1) is 0 Å². The lowest BCUT2D eigenvalue weighted by Gasteiger charge is -2.49. The Labute approximate surface area is 143 Å². The number of hydrogen-bond acceptors (Lipinski definition) is 6. The van der Waals surface area contributed by atoms with Gasteiger partial charge in [-0.2, -0.15) is 0 Å². The van der Waals surface area contributed by atoms with Gasteiger partial charge in [-0.1, -0.05) is 13.3 Å². The largest absolute Gasteiger partial charge is 0.478 e. The van der Waals surface area contributed by atoms with Crippen LogP contribution in [0.15, 0.2) is 23.4 Å². The summed E-state index contributed by atoms with van der Waals surface area (Å²) < 4.78 is 0. The van der Waals surface area contributed by atoms with E-state index in [-0.39, 0.29) is 26.1 Å². The van der Waals surface area contributed by atoms with Gasteiger partial charge in [0.1, 0.15) is 5.70 Å². The van der Waals surface area contributed by atoms with E-state index >= 15 is 0 Å². The molecule has 1 heterocycles. The van der Waals surface area contributed by atoms with E-state index in [9.17, 15) is 29.4 Å². The molecule has 0 bridgehead atoms. The van der Waals surface area contributed by atoms with Crippen molar-refractivity contribution in [3.8, 4) is 0 Å². The maximum absolute atomic E-state index is 11.7. The first kappa shape index (κ1) is 20.2. The summed E-state index contributed by atoms with van der Waals surface area (Å²) in [4.78, 5) is 46.5. The minimum absolute atomic E-state index is 0.00958. The third kappa shape index (κ3) is 4.57. The molecule has 0 radical (unpaired) electrons.